The van der Waals surface area contributed by atoms with Gasteiger partial charge in [0.1, 0.15) is 0 Å². The molecule has 1 heterocycles. The van der Waals surface area contributed by atoms with E-state index < -0.39 is 0 Å². The van der Waals surface area contributed by atoms with Crippen molar-refractivity contribution < 1.29 is 4.79 Å². The summed E-state index contributed by atoms with van der Waals surface area (Å²) in [7, 11) is 4.08. The van der Waals surface area contributed by atoms with Crippen LogP contribution >= 0.6 is 0 Å². The van der Waals surface area contributed by atoms with E-state index in [1.807, 2.05) is 62.6 Å². The molecule has 0 radical (unpaired) electrons. The Hall–Kier alpha value is -4.05. The number of hydrogen-bond acceptors (Lipinski definition) is 2. The highest BCUT2D eigenvalue weighted by atomic mass is 16.1. The smallest absolute Gasteiger partial charge is 0.251 e. The molecule has 0 saturated heterocycles. The topological polar surface area (TPSA) is 48.1 Å². The van der Waals surface area contributed by atoms with Gasteiger partial charge in [-0.2, -0.15) is 0 Å². The summed E-state index contributed by atoms with van der Waals surface area (Å²) in [5, 5.41) is 6.43. The van der Waals surface area contributed by atoms with E-state index in [9.17, 15) is 4.79 Å². The largest absolute Gasteiger partial charge is 0.378 e. The van der Waals surface area contributed by atoms with Crippen LogP contribution in [-0.2, 0) is 0 Å². The van der Waals surface area contributed by atoms with E-state index in [0.717, 1.165) is 22.0 Å². The summed E-state index contributed by atoms with van der Waals surface area (Å²) in [6, 6.07) is 30.8. The second-order valence-electron chi connectivity index (χ2n) is 8.56. The highest BCUT2D eigenvalue weighted by Crippen LogP contribution is 2.31. The molecule has 5 rings (SSSR count). The van der Waals surface area contributed by atoms with Gasteiger partial charge in [0, 0.05) is 54.9 Å². The molecule has 4 aromatic carbocycles. The Morgan fingerprint density at radius 1 is 0.848 bits per heavy atom. The number of nitrogens with one attached hydrogen (secondary N) is 2. The Balaban J connectivity index is 1.48. The Morgan fingerprint density at radius 2 is 1.55 bits per heavy atom. The van der Waals surface area contributed by atoms with Gasteiger partial charge in [0.05, 0.1) is 0 Å². The van der Waals surface area contributed by atoms with Gasteiger partial charge < -0.3 is 15.2 Å². The maximum Gasteiger partial charge on any atom is 0.251 e. The van der Waals surface area contributed by atoms with Crippen LogP contribution in [0.3, 0.4) is 0 Å². The molecular formula is C29H27N3O. The minimum Gasteiger partial charge on any atom is -0.378 e. The zero-order chi connectivity index (χ0) is 22.8. The third-order valence-electron chi connectivity index (χ3n) is 6.31. The number of para-hydroxylation sites is 1. The molecule has 5 aromatic rings. The lowest BCUT2D eigenvalue weighted by Crippen LogP contribution is -2.29. The first-order chi connectivity index (χ1) is 16.1. The average Bonchev–Trinajstić information content (AvgIpc) is 3.28. The summed E-state index contributed by atoms with van der Waals surface area (Å²) >= 11 is 0. The van der Waals surface area contributed by atoms with Gasteiger partial charge in [0.15, 0.2) is 0 Å². The van der Waals surface area contributed by atoms with Crippen molar-refractivity contribution in [3.8, 4) is 0 Å². The predicted octanol–water partition coefficient (Wildman–Crippen LogP) is 5.95. The highest BCUT2D eigenvalue weighted by molar-refractivity contribution is 6.07. The first-order valence-electron chi connectivity index (χ1n) is 11.2. The van der Waals surface area contributed by atoms with Crippen LogP contribution in [0.4, 0.5) is 5.69 Å². The second kappa shape index (κ2) is 8.83. The zero-order valence-corrected chi connectivity index (χ0v) is 18.9. The fraction of sp³-hybridized carbons (Fsp3) is 0.138. The monoisotopic (exact) mass is 433 g/mol. The standard InChI is InChI=1S/C29H27N3O/c1-32(2)22-16-14-21(15-17-22)26(27-19-30-28-13-6-5-11-24(27)28)18-31-29(33)25-12-7-9-20-8-3-4-10-23(20)25/h3-17,19,26,30H,18H2,1-2H3,(H,31,33). The van der Waals surface area contributed by atoms with Crippen LogP contribution in [0, 0.1) is 0 Å². The van der Waals surface area contributed by atoms with Gasteiger partial charge in [-0.25, -0.2) is 0 Å². The lowest BCUT2D eigenvalue weighted by atomic mass is 9.90. The van der Waals surface area contributed by atoms with E-state index in [1.54, 1.807) is 0 Å². The molecule has 0 aliphatic heterocycles. The number of aromatic nitrogens is 1. The highest BCUT2D eigenvalue weighted by Gasteiger charge is 2.20. The number of nitrogens with zero attached hydrogens (tertiary/aromatic N) is 1. The van der Waals surface area contributed by atoms with Gasteiger partial charge in [-0.3, -0.25) is 4.79 Å². The summed E-state index contributed by atoms with van der Waals surface area (Å²) in [5.41, 5.74) is 5.30. The Labute approximate surface area is 193 Å². The molecule has 164 valence electrons. The molecular weight excluding hydrogens is 406 g/mol. The molecule has 1 unspecified atom stereocenters. The van der Waals surface area contributed by atoms with Gasteiger partial charge in [0.2, 0.25) is 0 Å². The number of carbonyl (C=O) groups is 1. The van der Waals surface area contributed by atoms with Crippen molar-refractivity contribution in [3.63, 3.8) is 0 Å². The summed E-state index contributed by atoms with van der Waals surface area (Å²) in [5.74, 6) is -0.0298. The van der Waals surface area contributed by atoms with E-state index in [1.165, 1.54) is 16.5 Å². The molecule has 1 aromatic heterocycles. The van der Waals surface area contributed by atoms with Gasteiger partial charge in [0.25, 0.3) is 5.91 Å². The average molecular weight is 434 g/mol. The summed E-state index contributed by atoms with van der Waals surface area (Å²) in [4.78, 5) is 18.7. The lowest BCUT2D eigenvalue weighted by molar-refractivity contribution is 0.0954. The number of H-pyrrole nitrogens is 1. The van der Waals surface area contributed by atoms with Crippen molar-refractivity contribution in [2.45, 2.75) is 5.92 Å². The number of rotatable bonds is 6. The number of anilines is 1. The molecule has 4 nitrogen and oxygen atoms in total. The Morgan fingerprint density at radius 3 is 2.33 bits per heavy atom. The molecule has 2 N–H and O–H groups in total. The molecule has 0 spiro atoms. The van der Waals surface area contributed by atoms with Crippen LogP contribution in [0.5, 0.6) is 0 Å². The van der Waals surface area contributed by atoms with E-state index in [2.05, 4.69) is 63.9 Å². The summed E-state index contributed by atoms with van der Waals surface area (Å²) in [6.07, 6.45) is 2.07. The lowest BCUT2D eigenvalue weighted by Gasteiger charge is -2.20. The number of carbonyl (C=O) groups excluding carboxylic acids is 1. The molecule has 0 aliphatic rings. The maximum absolute atomic E-state index is 13.2. The van der Waals surface area contributed by atoms with Crippen LogP contribution in [0.1, 0.15) is 27.4 Å². The first-order valence-corrected chi connectivity index (χ1v) is 11.2. The zero-order valence-electron chi connectivity index (χ0n) is 18.9. The number of amides is 1. The second-order valence-corrected chi connectivity index (χ2v) is 8.56. The minimum absolute atomic E-state index is 0.0243. The Kier molecular flexibility index (Phi) is 5.57. The number of aromatic amines is 1. The van der Waals surface area contributed by atoms with Crippen molar-refractivity contribution in [1.82, 2.24) is 10.3 Å². The first kappa shape index (κ1) is 20.8. The van der Waals surface area contributed by atoms with Crippen LogP contribution in [-0.4, -0.2) is 31.5 Å². The molecule has 0 saturated carbocycles. The molecule has 0 bridgehead atoms. The molecule has 1 atom stereocenters. The summed E-state index contributed by atoms with van der Waals surface area (Å²) < 4.78 is 0. The van der Waals surface area contributed by atoms with Crippen LogP contribution < -0.4 is 10.2 Å². The van der Waals surface area contributed by atoms with E-state index in [-0.39, 0.29) is 11.8 Å². The number of fused-ring (bicyclic) bond motifs is 2. The molecule has 4 heteroatoms. The molecule has 0 aliphatic carbocycles. The fourth-order valence-electron chi connectivity index (χ4n) is 4.51. The third-order valence-corrected chi connectivity index (χ3v) is 6.31. The van der Waals surface area contributed by atoms with Crippen LogP contribution in [0.25, 0.3) is 21.7 Å². The normalized spacial score (nSPS) is 12.1. The third kappa shape index (κ3) is 4.08. The predicted molar refractivity (Wildman–Crippen MR) is 137 cm³/mol. The van der Waals surface area contributed by atoms with Gasteiger partial charge in [-0.15, -0.1) is 0 Å². The van der Waals surface area contributed by atoms with E-state index in [0.29, 0.717) is 12.1 Å². The van der Waals surface area contributed by atoms with Crippen molar-refractivity contribution in [2.75, 3.05) is 25.5 Å². The van der Waals surface area contributed by atoms with Crippen molar-refractivity contribution in [2.24, 2.45) is 0 Å². The number of benzene rings is 4. The van der Waals surface area contributed by atoms with Crippen molar-refractivity contribution >= 4 is 33.3 Å². The van der Waals surface area contributed by atoms with Gasteiger partial charge in [-0.05, 0) is 46.2 Å². The SMILES string of the molecule is CN(C)c1ccc(C(CNC(=O)c2cccc3ccccc23)c2c[nH]c3ccccc23)cc1. The minimum atomic E-state index is -0.0541. The van der Waals surface area contributed by atoms with Gasteiger partial charge in [-0.1, -0.05) is 66.7 Å². The van der Waals surface area contributed by atoms with Crippen molar-refractivity contribution in [1.29, 1.82) is 0 Å². The Bertz CT molecular complexity index is 1410. The van der Waals surface area contributed by atoms with Crippen LogP contribution in [0.15, 0.2) is 97.2 Å². The maximum atomic E-state index is 13.2. The van der Waals surface area contributed by atoms with Crippen molar-refractivity contribution in [3.05, 3.63) is 114 Å². The molecule has 1 amide bonds. The van der Waals surface area contributed by atoms with Crippen LogP contribution in [0.2, 0.25) is 0 Å². The van der Waals surface area contributed by atoms with Gasteiger partial charge >= 0.3 is 0 Å². The summed E-state index contributed by atoms with van der Waals surface area (Å²) in [6.45, 7) is 0.505. The quantitative estimate of drug-likeness (QED) is 0.348. The fourth-order valence-corrected chi connectivity index (χ4v) is 4.51. The van der Waals surface area contributed by atoms with E-state index in [4.69, 9.17) is 0 Å². The molecule has 0 fully saturated rings. The van der Waals surface area contributed by atoms with E-state index >= 15 is 0 Å². The molecule has 33 heavy (non-hydrogen) atoms. The number of hydrogen-bond donors (Lipinski definition) is 2.